The van der Waals surface area contributed by atoms with E-state index in [-0.39, 0.29) is 31.3 Å². The van der Waals surface area contributed by atoms with Crippen LogP contribution in [0.5, 0.6) is 5.75 Å². The maximum Gasteiger partial charge on any atom is 0.573 e. The van der Waals surface area contributed by atoms with E-state index < -0.39 is 6.36 Å². The van der Waals surface area contributed by atoms with Crippen LogP contribution in [-0.4, -0.2) is 37.2 Å². The molecule has 30 heavy (non-hydrogen) atoms. The van der Waals surface area contributed by atoms with Gasteiger partial charge in [-0.05, 0) is 36.5 Å². The second-order valence-electron chi connectivity index (χ2n) is 7.01. The SMILES string of the molecule is O=C(Cc1cc(COCc2cccc(OC(F)(F)F)c2)on1)NCC1CCOCC1. The average molecular weight is 428 g/mol. The van der Waals surface area contributed by atoms with E-state index in [2.05, 4.69) is 15.2 Å². The summed E-state index contributed by atoms with van der Waals surface area (Å²) in [7, 11) is 0. The Morgan fingerprint density at radius 3 is 2.77 bits per heavy atom. The van der Waals surface area contributed by atoms with E-state index in [4.69, 9.17) is 14.0 Å². The molecule has 1 aromatic heterocycles. The standard InChI is InChI=1S/C20H23F3N2O5/c21-20(22,23)29-17-3-1-2-15(8-17)12-28-13-18-9-16(25-30-18)10-19(26)24-11-14-4-6-27-7-5-14/h1-3,8-9,14H,4-7,10-13H2,(H,24,26). The molecule has 0 bridgehead atoms. The average Bonchev–Trinajstić information content (AvgIpc) is 3.13. The van der Waals surface area contributed by atoms with Crippen molar-refractivity contribution < 1.29 is 36.7 Å². The van der Waals surface area contributed by atoms with Crippen molar-refractivity contribution in [3.63, 3.8) is 0 Å². The number of hydrogen-bond donors (Lipinski definition) is 1. The number of nitrogens with zero attached hydrogens (tertiary/aromatic N) is 1. The minimum Gasteiger partial charge on any atom is -0.406 e. The molecule has 1 fully saturated rings. The molecule has 0 radical (unpaired) electrons. The molecule has 3 rings (SSSR count). The number of alkyl halides is 3. The first-order valence-electron chi connectivity index (χ1n) is 9.59. The highest BCUT2D eigenvalue weighted by atomic mass is 19.4. The molecule has 0 unspecified atom stereocenters. The van der Waals surface area contributed by atoms with Crippen molar-refractivity contribution in [1.82, 2.24) is 10.5 Å². The van der Waals surface area contributed by atoms with Gasteiger partial charge in [-0.1, -0.05) is 17.3 Å². The second-order valence-corrected chi connectivity index (χ2v) is 7.01. The fourth-order valence-corrected chi connectivity index (χ4v) is 3.04. The number of nitrogens with one attached hydrogen (secondary N) is 1. The molecule has 1 aromatic carbocycles. The third-order valence-electron chi connectivity index (χ3n) is 4.52. The summed E-state index contributed by atoms with van der Waals surface area (Å²) >= 11 is 0. The molecule has 1 aliphatic rings. The predicted octanol–water partition coefficient (Wildman–Crippen LogP) is 3.38. The first kappa shape index (κ1) is 22.1. The molecule has 1 saturated heterocycles. The molecule has 0 spiro atoms. The van der Waals surface area contributed by atoms with Gasteiger partial charge < -0.3 is 24.1 Å². The molecule has 0 atom stereocenters. The highest BCUT2D eigenvalue weighted by Gasteiger charge is 2.31. The van der Waals surface area contributed by atoms with Crippen LogP contribution in [0.1, 0.15) is 29.9 Å². The largest absolute Gasteiger partial charge is 0.573 e. The Hall–Kier alpha value is -2.59. The molecular formula is C20H23F3N2O5. The van der Waals surface area contributed by atoms with E-state index in [1.54, 1.807) is 12.1 Å². The van der Waals surface area contributed by atoms with Crippen molar-refractivity contribution >= 4 is 5.91 Å². The van der Waals surface area contributed by atoms with Crippen molar-refractivity contribution in [2.45, 2.75) is 38.8 Å². The summed E-state index contributed by atoms with van der Waals surface area (Å²) in [5, 5.41) is 6.75. The summed E-state index contributed by atoms with van der Waals surface area (Å²) in [6, 6.07) is 7.16. The molecule has 1 N–H and O–H groups in total. The number of benzene rings is 1. The molecule has 10 heteroatoms. The number of rotatable bonds is 9. The van der Waals surface area contributed by atoms with Gasteiger partial charge in [0.15, 0.2) is 5.76 Å². The van der Waals surface area contributed by atoms with Crippen LogP contribution in [0.15, 0.2) is 34.9 Å². The summed E-state index contributed by atoms with van der Waals surface area (Å²) in [5.74, 6) is 0.412. The molecule has 7 nitrogen and oxygen atoms in total. The minimum absolute atomic E-state index is 0.0662. The van der Waals surface area contributed by atoms with E-state index in [0.717, 1.165) is 26.1 Å². The lowest BCUT2D eigenvalue weighted by atomic mass is 10.0. The Balaban J connectivity index is 1.39. The Morgan fingerprint density at radius 2 is 2.00 bits per heavy atom. The predicted molar refractivity (Wildman–Crippen MR) is 98.4 cm³/mol. The van der Waals surface area contributed by atoms with Crippen LogP contribution in [0.25, 0.3) is 0 Å². The smallest absolute Gasteiger partial charge is 0.406 e. The highest BCUT2D eigenvalue weighted by molar-refractivity contribution is 5.78. The van der Waals surface area contributed by atoms with Crippen molar-refractivity contribution in [3.05, 3.63) is 47.3 Å². The third kappa shape index (κ3) is 7.68. The molecule has 1 aliphatic heterocycles. The lowest BCUT2D eigenvalue weighted by molar-refractivity contribution is -0.274. The van der Waals surface area contributed by atoms with Gasteiger partial charge in [-0.2, -0.15) is 0 Å². The van der Waals surface area contributed by atoms with E-state index in [1.807, 2.05) is 0 Å². The number of halogens is 3. The molecule has 1 amide bonds. The van der Waals surface area contributed by atoms with Crippen LogP contribution in [-0.2, 0) is 33.9 Å². The summed E-state index contributed by atoms with van der Waals surface area (Å²) < 4.78 is 56.6. The summed E-state index contributed by atoms with van der Waals surface area (Å²) in [6.07, 6.45) is -2.76. The molecule has 2 heterocycles. The van der Waals surface area contributed by atoms with Crippen molar-refractivity contribution in [3.8, 4) is 5.75 Å². The molecule has 2 aromatic rings. The number of aromatic nitrogens is 1. The zero-order chi connectivity index (χ0) is 21.4. The van der Waals surface area contributed by atoms with Crippen molar-refractivity contribution in [1.29, 1.82) is 0 Å². The van der Waals surface area contributed by atoms with E-state index >= 15 is 0 Å². The van der Waals surface area contributed by atoms with Crippen LogP contribution >= 0.6 is 0 Å². The van der Waals surface area contributed by atoms with Gasteiger partial charge in [0.05, 0.1) is 18.7 Å². The zero-order valence-corrected chi connectivity index (χ0v) is 16.2. The Kier molecular flexibility index (Phi) is 7.69. The minimum atomic E-state index is -4.74. The number of ether oxygens (including phenoxy) is 3. The Morgan fingerprint density at radius 1 is 1.20 bits per heavy atom. The van der Waals surface area contributed by atoms with Crippen LogP contribution in [0.3, 0.4) is 0 Å². The second kappa shape index (κ2) is 10.4. The van der Waals surface area contributed by atoms with Gasteiger partial charge in [0.2, 0.25) is 5.91 Å². The van der Waals surface area contributed by atoms with Crippen LogP contribution in [0.4, 0.5) is 13.2 Å². The zero-order valence-electron chi connectivity index (χ0n) is 16.2. The van der Waals surface area contributed by atoms with Crippen LogP contribution in [0.2, 0.25) is 0 Å². The monoisotopic (exact) mass is 428 g/mol. The van der Waals surface area contributed by atoms with Crippen molar-refractivity contribution in [2.24, 2.45) is 5.92 Å². The topological polar surface area (TPSA) is 82.8 Å². The maximum absolute atomic E-state index is 12.3. The summed E-state index contributed by atoms with van der Waals surface area (Å²) in [6.45, 7) is 2.21. The fraction of sp³-hybridized carbons (Fsp3) is 0.500. The number of carbonyl (C=O) groups excluding carboxylic acids is 1. The van der Waals surface area contributed by atoms with Gasteiger partial charge in [0.25, 0.3) is 0 Å². The van der Waals surface area contributed by atoms with Gasteiger partial charge in [0.1, 0.15) is 12.4 Å². The summed E-state index contributed by atoms with van der Waals surface area (Å²) in [4.78, 5) is 12.0. The lowest BCUT2D eigenvalue weighted by Gasteiger charge is -2.21. The Bertz CT molecular complexity index is 819. The first-order valence-corrected chi connectivity index (χ1v) is 9.59. The molecule has 164 valence electrons. The van der Waals surface area contributed by atoms with Crippen LogP contribution < -0.4 is 10.1 Å². The van der Waals surface area contributed by atoms with E-state index in [9.17, 15) is 18.0 Å². The van der Waals surface area contributed by atoms with Gasteiger partial charge >= 0.3 is 6.36 Å². The quantitative estimate of drug-likeness (QED) is 0.660. The summed E-state index contributed by atoms with van der Waals surface area (Å²) in [5.41, 5.74) is 1.00. The molecule has 0 saturated carbocycles. The first-order chi connectivity index (χ1) is 14.4. The van der Waals surface area contributed by atoms with Gasteiger partial charge in [-0.3, -0.25) is 4.79 Å². The van der Waals surface area contributed by atoms with Crippen LogP contribution in [0, 0.1) is 5.92 Å². The lowest BCUT2D eigenvalue weighted by Crippen LogP contribution is -2.33. The highest BCUT2D eigenvalue weighted by Crippen LogP contribution is 2.23. The van der Waals surface area contributed by atoms with E-state index in [1.165, 1.54) is 18.2 Å². The molecule has 0 aliphatic carbocycles. The van der Waals surface area contributed by atoms with E-state index in [0.29, 0.717) is 29.5 Å². The number of hydrogen-bond acceptors (Lipinski definition) is 6. The Labute approximate surface area is 171 Å². The van der Waals surface area contributed by atoms with Gasteiger partial charge in [-0.15, -0.1) is 13.2 Å². The van der Waals surface area contributed by atoms with Gasteiger partial charge in [-0.25, -0.2) is 0 Å². The molecular weight excluding hydrogens is 405 g/mol. The number of amides is 1. The van der Waals surface area contributed by atoms with Crippen molar-refractivity contribution in [2.75, 3.05) is 19.8 Å². The normalized spacial score (nSPS) is 15.2. The fourth-order valence-electron chi connectivity index (χ4n) is 3.04. The van der Waals surface area contributed by atoms with Gasteiger partial charge in [0, 0.05) is 25.8 Å². The number of carbonyl (C=O) groups is 1. The maximum atomic E-state index is 12.3. The third-order valence-corrected chi connectivity index (χ3v) is 4.52.